The number of carbonyl (C=O) groups excluding carboxylic acids is 3. The van der Waals surface area contributed by atoms with E-state index in [0.29, 0.717) is 25.3 Å². The summed E-state index contributed by atoms with van der Waals surface area (Å²) in [4.78, 5) is 38.9. The summed E-state index contributed by atoms with van der Waals surface area (Å²) >= 11 is 0.959. The molecule has 0 saturated carbocycles. The van der Waals surface area contributed by atoms with Gasteiger partial charge in [0.2, 0.25) is 15.9 Å². The Balaban J connectivity index is 1.61. The van der Waals surface area contributed by atoms with Crippen LogP contribution in [0.15, 0.2) is 30.3 Å². The van der Waals surface area contributed by atoms with Crippen LogP contribution in [0, 0.1) is 5.92 Å². The molecular weight excluding hydrogens is 378 g/mol. The summed E-state index contributed by atoms with van der Waals surface area (Å²) in [5.41, 5.74) is 0.646. The molecule has 2 heterocycles. The summed E-state index contributed by atoms with van der Waals surface area (Å²) < 4.78 is 0. The van der Waals surface area contributed by atoms with Crippen LogP contribution in [0.5, 0.6) is 0 Å². The first-order chi connectivity index (χ1) is 13.6. The summed E-state index contributed by atoms with van der Waals surface area (Å²) in [7, 11) is 0. The van der Waals surface area contributed by atoms with Crippen molar-refractivity contribution in [1.29, 1.82) is 0 Å². The molecule has 3 rings (SSSR count). The third-order valence-electron chi connectivity index (χ3n) is 4.46. The third kappa shape index (κ3) is 4.92. The van der Waals surface area contributed by atoms with Crippen LogP contribution < -0.4 is 10.6 Å². The van der Waals surface area contributed by atoms with Gasteiger partial charge in [-0.3, -0.25) is 14.4 Å². The molecule has 1 fully saturated rings. The minimum absolute atomic E-state index is 0.0143. The number of anilines is 1. The molecule has 148 valence electrons. The molecule has 0 aliphatic carbocycles. The Labute approximate surface area is 167 Å². The Kier molecular flexibility index (Phi) is 6.70. The van der Waals surface area contributed by atoms with Crippen LogP contribution in [0.1, 0.15) is 45.8 Å². The van der Waals surface area contributed by atoms with Crippen LogP contribution in [0.4, 0.5) is 5.69 Å². The number of aromatic nitrogens is 2. The predicted molar refractivity (Wildman–Crippen MR) is 106 cm³/mol. The highest BCUT2D eigenvalue weighted by molar-refractivity contribution is 7.15. The number of hydrogen-bond acceptors (Lipinski definition) is 6. The molecule has 1 atom stereocenters. The molecule has 1 aromatic heterocycles. The quantitative estimate of drug-likeness (QED) is 0.772. The maximum atomic E-state index is 12.7. The summed E-state index contributed by atoms with van der Waals surface area (Å²) in [6.07, 6.45) is 2.40. The minimum atomic E-state index is -0.404. The van der Waals surface area contributed by atoms with E-state index in [-0.39, 0.29) is 27.7 Å². The number of rotatable bonds is 6. The maximum absolute atomic E-state index is 12.7. The molecule has 8 nitrogen and oxygen atoms in total. The largest absolute Gasteiger partial charge is 0.356 e. The number of likely N-dealkylation sites (tertiary alicyclic amines) is 1. The molecule has 1 aliphatic rings. The van der Waals surface area contributed by atoms with Gasteiger partial charge >= 0.3 is 0 Å². The number of hydrogen-bond donors (Lipinski definition) is 2. The van der Waals surface area contributed by atoms with E-state index in [0.717, 1.165) is 30.6 Å². The standard InChI is InChI=1S/C19H23N5O3S/c1-2-10-20-15(25)13-7-6-11-24(12-13)19(27)18-23-22-17(28-18)16(26)21-14-8-4-3-5-9-14/h3-5,8-9,13H,2,6-7,10-12H2,1H3,(H,20,25)(H,21,26)/t13-/m0/s1. The lowest BCUT2D eigenvalue weighted by atomic mass is 9.97. The molecule has 0 spiro atoms. The van der Waals surface area contributed by atoms with E-state index in [1.807, 2.05) is 25.1 Å². The van der Waals surface area contributed by atoms with E-state index in [1.54, 1.807) is 17.0 Å². The molecular formula is C19H23N5O3S. The number of piperidine rings is 1. The van der Waals surface area contributed by atoms with Gasteiger partial charge in [0.05, 0.1) is 5.92 Å². The Morgan fingerprint density at radius 1 is 1.18 bits per heavy atom. The molecule has 0 unspecified atom stereocenters. The lowest BCUT2D eigenvalue weighted by Crippen LogP contribution is -2.45. The van der Waals surface area contributed by atoms with E-state index < -0.39 is 5.91 Å². The van der Waals surface area contributed by atoms with Gasteiger partial charge in [-0.25, -0.2) is 0 Å². The molecule has 2 N–H and O–H groups in total. The predicted octanol–water partition coefficient (Wildman–Crippen LogP) is 2.17. The summed E-state index contributed by atoms with van der Waals surface area (Å²) in [6.45, 7) is 3.57. The fraction of sp³-hybridized carbons (Fsp3) is 0.421. The smallest absolute Gasteiger partial charge is 0.286 e. The van der Waals surface area contributed by atoms with E-state index >= 15 is 0 Å². The first-order valence-corrected chi connectivity index (χ1v) is 10.2. The summed E-state index contributed by atoms with van der Waals surface area (Å²) in [5, 5.41) is 13.6. The number of benzene rings is 1. The van der Waals surface area contributed by atoms with Crippen molar-refractivity contribution in [3.8, 4) is 0 Å². The average molecular weight is 401 g/mol. The lowest BCUT2D eigenvalue weighted by molar-refractivity contribution is -0.126. The summed E-state index contributed by atoms with van der Waals surface area (Å²) in [5.74, 6) is -0.917. The van der Waals surface area contributed by atoms with Gasteiger partial charge in [0.1, 0.15) is 0 Å². The normalized spacial score (nSPS) is 16.5. The topological polar surface area (TPSA) is 104 Å². The van der Waals surface area contributed by atoms with E-state index in [4.69, 9.17) is 0 Å². The highest BCUT2D eigenvalue weighted by Crippen LogP contribution is 2.21. The van der Waals surface area contributed by atoms with Crippen LogP contribution in [-0.2, 0) is 4.79 Å². The molecule has 3 amide bonds. The monoisotopic (exact) mass is 401 g/mol. The van der Waals surface area contributed by atoms with E-state index in [2.05, 4.69) is 20.8 Å². The van der Waals surface area contributed by atoms with Crippen LogP contribution in [-0.4, -0.2) is 52.5 Å². The van der Waals surface area contributed by atoms with Gasteiger partial charge in [0.25, 0.3) is 11.8 Å². The molecule has 2 aromatic rings. The van der Waals surface area contributed by atoms with Crippen molar-refractivity contribution >= 4 is 34.7 Å². The van der Waals surface area contributed by atoms with Gasteiger partial charge in [-0.05, 0) is 31.4 Å². The zero-order chi connectivity index (χ0) is 19.9. The Morgan fingerprint density at radius 3 is 2.68 bits per heavy atom. The lowest BCUT2D eigenvalue weighted by Gasteiger charge is -2.31. The van der Waals surface area contributed by atoms with Crippen molar-refractivity contribution in [1.82, 2.24) is 20.4 Å². The molecule has 1 saturated heterocycles. The second-order valence-corrected chi connectivity index (χ2v) is 7.59. The van der Waals surface area contributed by atoms with Crippen molar-refractivity contribution in [2.45, 2.75) is 26.2 Å². The highest BCUT2D eigenvalue weighted by Gasteiger charge is 2.30. The fourth-order valence-corrected chi connectivity index (χ4v) is 3.72. The second-order valence-electron chi connectivity index (χ2n) is 6.61. The Morgan fingerprint density at radius 2 is 1.93 bits per heavy atom. The second kappa shape index (κ2) is 9.41. The van der Waals surface area contributed by atoms with Gasteiger partial charge in [-0.2, -0.15) is 0 Å². The molecule has 28 heavy (non-hydrogen) atoms. The number of para-hydroxylation sites is 1. The number of nitrogens with zero attached hydrogens (tertiary/aromatic N) is 3. The van der Waals surface area contributed by atoms with Crippen LogP contribution in [0.3, 0.4) is 0 Å². The van der Waals surface area contributed by atoms with Gasteiger partial charge < -0.3 is 15.5 Å². The first-order valence-electron chi connectivity index (χ1n) is 9.35. The third-order valence-corrected chi connectivity index (χ3v) is 5.37. The van der Waals surface area contributed by atoms with Crippen LogP contribution >= 0.6 is 11.3 Å². The fourth-order valence-electron chi connectivity index (χ4n) is 3.01. The Hall–Kier alpha value is -2.81. The van der Waals surface area contributed by atoms with Crippen molar-refractivity contribution in [3.05, 3.63) is 40.3 Å². The maximum Gasteiger partial charge on any atom is 0.286 e. The molecule has 0 radical (unpaired) electrons. The molecule has 0 bridgehead atoms. The van der Waals surface area contributed by atoms with Crippen LogP contribution in [0.25, 0.3) is 0 Å². The number of nitrogens with one attached hydrogen (secondary N) is 2. The first kappa shape index (κ1) is 19.9. The van der Waals surface area contributed by atoms with Crippen molar-refractivity contribution in [2.24, 2.45) is 5.92 Å². The van der Waals surface area contributed by atoms with Gasteiger partial charge in [-0.1, -0.05) is 36.5 Å². The number of carbonyl (C=O) groups is 3. The van der Waals surface area contributed by atoms with Crippen molar-refractivity contribution in [3.63, 3.8) is 0 Å². The summed E-state index contributed by atoms with van der Waals surface area (Å²) in [6, 6.07) is 9.01. The molecule has 9 heteroatoms. The Bertz CT molecular complexity index is 839. The average Bonchev–Trinajstić information content (AvgIpc) is 3.22. The van der Waals surface area contributed by atoms with Gasteiger partial charge in [0, 0.05) is 25.3 Å². The highest BCUT2D eigenvalue weighted by atomic mass is 32.1. The van der Waals surface area contributed by atoms with Gasteiger partial charge in [-0.15, -0.1) is 10.2 Å². The van der Waals surface area contributed by atoms with E-state index in [1.165, 1.54) is 0 Å². The molecule has 1 aromatic carbocycles. The van der Waals surface area contributed by atoms with Crippen molar-refractivity contribution < 1.29 is 14.4 Å². The SMILES string of the molecule is CCCNC(=O)[C@H]1CCCN(C(=O)c2nnc(C(=O)Nc3ccccc3)s2)C1. The zero-order valence-corrected chi connectivity index (χ0v) is 16.5. The van der Waals surface area contributed by atoms with Crippen LogP contribution in [0.2, 0.25) is 0 Å². The minimum Gasteiger partial charge on any atom is -0.356 e. The zero-order valence-electron chi connectivity index (χ0n) is 15.7. The van der Waals surface area contributed by atoms with Crippen molar-refractivity contribution in [2.75, 3.05) is 25.0 Å². The van der Waals surface area contributed by atoms with Gasteiger partial charge in [0.15, 0.2) is 0 Å². The van der Waals surface area contributed by atoms with E-state index in [9.17, 15) is 14.4 Å². The number of amides is 3. The molecule has 1 aliphatic heterocycles.